The van der Waals surface area contributed by atoms with Crippen molar-refractivity contribution in [3.8, 4) is 22.3 Å². The second-order valence-electron chi connectivity index (χ2n) is 18.3. The highest BCUT2D eigenvalue weighted by Gasteiger charge is 2.19. The van der Waals surface area contributed by atoms with E-state index in [0.717, 1.165) is 0 Å². The third-order valence-corrected chi connectivity index (χ3v) is 14.3. The summed E-state index contributed by atoms with van der Waals surface area (Å²) in [6, 6.07) is 97.9. The number of hydrogen-bond acceptors (Lipinski definition) is 0. The van der Waals surface area contributed by atoms with Crippen molar-refractivity contribution in [1.82, 2.24) is 0 Å². The SMILES string of the molecule is C(=C(c1ccc(-c2c3ccccc3c(-c3ccc(C(=Cc4cccc5ccccc45)c4cccc5ccccc45)cc3)c3ccccc23)cc1)c1cccc2ccccc12)c1cccc2ccccc12. The van der Waals surface area contributed by atoms with E-state index in [1.807, 2.05) is 0 Å². The van der Waals surface area contributed by atoms with Gasteiger partial charge in [0.25, 0.3) is 0 Å². The molecule has 0 spiro atoms. The maximum Gasteiger partial charge on any atom is -0.00264 e. The largest absolute Gasteiger partial charge is 0.0616 e. The fraction of sp³-hybridized carbons (Fsp3) is 0. The molecule has 0 bridgehead atoms. The van der Waals surface area contributed by atoms with Crippen molar-refractivity contribution in [1.29, 1.82) is 0 Å². The average Bonchev–Trinajstić information content (AvgIpc) is 3.43. The summed E-state index contributed by atoms with van der Waals surface area (Å²) in [6.07, 6.45) is 4.77. The molecule has 0 aliphatic heterocycles. The van der Waals surface area contributed by atoms with Gasteiger partial charge in [0.2, 0.25) is 0 Å². The predicted octanol–water partition coefficient (Wildman–Crippen LogP) is 19.1. The van der Waals surface area contributed by atoms with Crippen LogP contribution in [0.25, 0.3) is 110 Å². The van der Waals surface area contributed by atoms with Crippen LogP contribution in [-0.4, -0.2) is 0 Å². The Morgan fingerprint density at radius 2 is 0.486 bits per heavy atom. The molecule has 13 rings (SSSR count). The molecule has 0 atom stereocenters. The summed E-state index contributed by atoms with van der Waals surface area (Å²) in [5.41, 5.74) is 14.5. The second-order valence-corrected chi connectivity index (χ2v) is 18.3. The van der Waals surface area contributed by atoms with E-state index in [4.69, 9.17) is 0 Å². The van der Waals surface area contributed by atoms with E-state index in [9.17, 15) is 0 Å². The molecule has 0 aliphatic rings. The van der Waals surface area contributed by atoms with Crippen LogP contribution in [0, 0.1) is 0 Å². The molecule has 0 fully saturated rings. The van der Waals surface area contributed by atoms with E-state index in [1.54, 1.807) is 0 Å². The first kappa shape index (κ1) is 41.1. The van der Waals surface area contributed by atoms with Crippen molar-refractivity contribution < 1.29 is 0 Å². The van der Waals surface area contributed by atoms with Crippen LogP contribution < -0.4 is 0 Å². The van der Waals surface area contributed by atoms with Crippen LogP contribution in [0.15, 0.2) is 267 Å². The third-order valence-electron chi connectivity index (χ3n) is 14.3. The van der Waals surface area contributed by atoms with Crippen LogP contribution in [0.1, 0.15) is 33.4 Å². The molecular formula is C70H46. The lowest BCUT2D eigenvalue weighted by Crippen LogP contribution is -1.94. The van der Waals surface area contributed by atoms with Crippen molar-refractivity contribution in [2.45, 2.75) is 0 Å². The lowest BCUT2D eigenvalue weighted by atomic mass is 9.84. The van der Waals surface area contributed by atoms with Gasteiger partial charge in [-0.15, -0.1) is 0 Å². The first-order chi connectivity index (χ1) is 34.7. The number of hydrogen-bond donors (Lipinski definition) is 0. The summed E-state index contributed by atoms with van der Waals surface area (Å²) < 4.78 is 0. The van der Waals surface area contributed by atoms with Crippen molar-refractivity contribution >= 4 is 87.9 Å². The van der Waals surface area contributed by atoms with E-state index < -0.39 is 0 Å². The third kappa shape index (κ3) is 7.26. The van der Waals surface area contributed by atoms with Crippen molar-refractivity contribution in [3.05, 3.63) is 300 Å². The van der Waals surface area contributed by atoms with Crippen molar-refractivity contribution in [3.63, 3.8) is 0 Å². The first-order valence-electron chi connectivity index (χ1n) is 24.2. The molecule has 70 heavy (non-hydrogen) atoms. The highest BCUT2D eigenvalue weighted by Crippen LogP contribution is 2.45. The van der Waals surface area contributed by atoms with E-state index in [-0.39, 0.29) is 0 Å². The van der Waals surface area contributed by atoms with Gasteiger partial charge in [0.15, 0.2) is 0 Å². The molecule has 0 heterocycles. The molecule has 0 nitrogen and oxygen atoms in total. The molecule has 0 radical (unpaired) electrons. The minimum Gasteiger partial charge on any atom is -0.0616 e. The van der Waals surface area contributed by atoms with Crippen LogP contribution in [0.5, 0.6) is 0 Å². The maximum atomic E-state index is 2.38. The Kier molecular flexibility index (Phi) is 10.3. The molecule has 0 unspecified atom stereocenters. The standard InChI is InChI=1S/C70H46/c1-5-27-57-47(17-1)21-13-25-55(57)45-67(61-35-15-23-49-19-3-7-29-59(49)61)51-37-41-53(42-38-51)69-63-31-9-11-33-65(63)70(66-34-12-10-32-64(66)69)54-43-39-52(40-44-54)68(62-36-16-24-50-20-4-8-30-60(50)62)46-56-26-14-22-48-18-2-6-28-58(48)56/h1-46H. The van der Waals surface area contributed by atoms with Gasteiger partial charge in [0.05, 0.1) is 0 Å². The van der Waals surface area contributed by atoms with Gasteiger partial charge in [-0.2, -0.15) is 0 Å². The van der Waals surface area contributed by atoms with Crippen LogP contribution >= 0.6 is 0 Å². The van der Waals surface area contributed by atoms with E-state index in [1.165, 1.54) is 131 Å². The molecule has 13 aromatic rings. The molecule has 0 saturated carbocycles. The lowest BCUT2D eigenvalue weighted by Gasteiger charge is -2.19. The molecule has 0 aliphatic carbocycles. The zero-order chi connectivity index (χ0) is 46.4. The molecule has 0 amide bonds. The van der Waals surface area contributed by atoms with Gasteiger partial charge in [-0.25, -0.2) is 0 Å². The quantitative estimate of drug-likeness (QED) is 0.105. The smallest absolute Gasteiger partial charge is 0.00264 e. The lowest BCUT2D eigenvalue weighted by molar-refractivity contribution is 1.57. The summed E-state index contributed by atoms with van der Waals surface area (Å²) in [4.78, 5) is 0. The molecule has 326 valence electrons. The Morgan fingerprint density at radius 3 is 0.843 bits per heavy atom. The van der Waals surface area contributed by atoms with Crippen molar-refractivity contribution in [2.75, 3.05) is 0 Å². The average molecular weight is 887 g/mol. The Balaban J connectivity index is 0.947. The van der Waals surface area contributed by atoms with Gasteiger partial charge in [-0.3, -0.25) is 0 Å². The molecule has 0 saturated heterocycles. The van der Waals surface area contributed by atoms with E-state index in [2.05, 4.69) is 279 Å². The van der Waals surface area contributed by atoms with Crippen LogP contribution in [0.3, 0.4) is 0 Å². The summed E-state index contributed by atoms with van der Waals surface area (Å²) in [7, 11) is 0. The molecular weight excluding hydrogens is 841 g/mol. The summed E-state index contributed by atoms with van der Waals surface area (Å²) >= 11 is 0. The summed E-state index contributed by atoms with van der Waals surface area (Å²) in [6.45, 7) is 0. The Hall–Kier alpha value is -9.10. The fourth-order valence-corrected chi connectivity index (χ4v) is 11.0. The van der Waals surface area contributed by atoms with Crippen LogP contribution in [-0.2, 0) is 0 Å². The van der Waals surface area contributed by atoms with E-state index >= 15 is 0 Å². The van der Waals surface area contributed by atoms with Crippen LogP contribution in [0.4, 0.5) is 0 Å². The highest BCUT2D eigenvalue weighted by atomic mass is 14.2. The van der Waals surface area contributed by atoms with Gasteiger partial charge in [0.1, 0.15) is 0 Å². The molecule has 0 N–H and O–H groups in total. The second kappa shape index (κ2) is 17.5. The zero-order valence-electron chi connectivity index (χ0n) is 38.6. The van der Waals surface area contributed by atoms with Crippen molar-refractivity contribution in [2.24, 2.45) is 0 Å². The minimum atomic E-state index is 1.18. The number of rotatable bonds is 8. The summed E-state index contributed by atoms with van der Waals surface area (Å²) in [5.74, 6) is 0. The topological polar surface area (TPSA) is 0 Å². The van der Waals surface area contributed by atoms with Gasteiger partial charge in [0, 0.05) is 0 Å². The highest BCUT2D eigenvalue weighted by molar-refractivity contribution is 6.21. The van der Waals surface area contributed by atoms with Gasteiger partial charge in [-0.05, 0) is 144 Å². The number of fused-ring (bicyclic) bond motifs is 6. The molecule has 13 aromatic carbocycles. The maximum absolute atomic E-state index is 2.38. The van der Waals surface area contributed by atoms with Gasteiger partial charge in [-0.1, -0.05) is 267 Å². The zero-order valence-corrected chi connectivity index (χ0v) is 38.6. The van der Waals surface area contributed by atoms with Crippen LogP contribution in [0.2, 0.25) is 0 Å². The predicted molar refractivity (Wildman–Crippen MR) is 302 cm³/mol. The number of benzene rings is 13. The molecule has 0 heteroatoms. The Labute approximate surface area is 408 Å². The normalized spacial score (nSPS) is 12.2. The Morgan fingerprint density at radius 1 is 0.214 bits per heavy atom. The fourth-order valence-electron chi connectivity index (χ4n) is 11.0. The van der Waals surface area contributed by atoms with Gasteiger partial charge < -0.3 is 0 Å². The van der Waals surface area contributed by atoms with Gasteiger partial charge >= 0.3 is 0 Å². The minimum absolute atomic E-state index is 1.18. The first-order valence-corrected chi connectivity index (χ1v) is 24.2. The van der Waals surface area contributed by atoms with E-state index in [0.29, 0.717) is 0 Å². The molecule has 0 aromatic heterocycles. The Bertz CT molecular complexity index is 3850. The summed E-state index contributed by atoms with van der Waals surface area (Å²) in [5, 5.41) is 14.9. The monoisotopic (exact) mass is 886 g/mol.